The minimum Gasteiger partial charge on any atom is -0.748 e. The van der Waals surface area contributed by atoms with Gasteiger partial charge in [0.1, 0.15) is 0 Å². The quantitative estimate of drug-likeness (QED) is 0.429. The molecular formula is C7H9N2O4S5-. The summed E-state index contributed by atoms with van der Waals surface area (Å²) in [5, 5.41) is 1.19. The topological polar surface area (TPSA) is 89.5 Å². The van der Waals surface area contributed by atoms with Crippen molar-refractivity contribution in [1.82, 2.24) is 10.4 Å². The molecule has 0 aliphatic carbocycles. The Morgan fingerprint density at radius 2 is 2.28 bits per heavy atom. The van der Waals surface area contributed by atoms with Crippen LogP contribution in [0.3, 0.4) is 0 Å². The minimum absolute atomic E-state index is 0.171. The number of hydrazine groups is 1. The van der Waals surface area contributed by atoms with Crippen LogP contribution in [-0.2, 0) is 14.9 Å². The maximum Gasteiger partial charge on any atom is 0.257 e. The number of nitrogens with one attached hydrogen (secondary N) is 1. The molecule has 1 amide bonds. The lowest BCUT2D eigenvalue weighted by molar-refractivity contribution is -0.125. The summed E-state index contributed by atoms with van der Waals surface area (Å²) in [5.41, 5.74) is 2.66. The molecule has 1 heterocycles. The van der Waals surface area contributed by atoms with E-state index in [1.807, 2.05) is 0 Å². The molecule has 6 nitrogen and oxygen atoms in total. The molecule has 0 radical (unpaired) electrons. The van der Waals surface area contributed by atoms with Gasteiger partial charge in [-0.25, -0.2) is 13.4 Å². The lowest BCUT2D eigenvalue weighted by atomic mass is 10.6. The van der Waals surface area contributed by atoms with E-state index in [0.717, 1.165) is 11.8 Å². The Hall–Kier alpha value is 0.0600. The number of rotatable bonds is 5. The average molecular weight is 345 g/mol. The molecule has 102 valence electrons. The van der Waals surface area contributed by atoms with Crippen molar-refractivity contribution in [1.29, 1.82) is 0 Å². The fourth-order valence-electron chi connectivity index (χ4n) is 0.987. The Bertz CT molecular complexity index is 446. The molecule has 1 N–H and O–H groups in total. The van der Waals surface area contributed by atoms with Gasteiger partial charge in [-0.05, 0) is 6.42 Å². The standard InChI is InChI=1S/C7H10N2O4S5/c10-5-4-17-7(15)9(5)8-6(14)16-2-1-3-18(11,12)13/h1-4H2,(H,8,14)(H,11,12,13)/p-1. The van der Waals surface area contributed by atoms with Crippen LogP contribution in [0.15, 0.2) is 0 Å². The van der Waals surface area contributed by atoms with Gasteiger partial charge in [-0.15, -0.1) is 0 Å². The van der Waals surface area contributed by atoms with Gasteiger partial charge in [0.15, 0.2) is 8.64 Å². The van der Waals surface area contributed by atoms with E-state index in [1.165, 1.54) is 16.8 Å². The molecule has 0 saturated carbocycles. The van der Waals surface area contributed by atoms with Gasteiger partial charge in [0.25, 0.3) is 5.91 Å². The first-order valence-corrected chi connectivity index (χ1v) is 9.03. The van der Waals surface area contributed by atoms with Crippen molar-refractivity contribution in [3.8, 4) is 0 Å². The average Bonchev–Trinajstić information content (AvgIpc) is 2.55. The second-order valence-corrected chi connectivity index (χ2v) is 8.05. The molecule has 1 aliphatic rings. The third kappa shape index (κ3) is 5.80. The predicted octanol–water partition coefficient (Wildman–Crippen LogP) is 0.305. The third-order valence-corrected chi connectivity index (χ3v) is 5.16. The zero-order chi connectivity index (χ0) is 13.8. The SMILES string of the molecule is O=C1CSC(=S)N1NC(=S)SCCCS(=O)(=O)[O-]. The summed E-state index contributed by atoms with van der Waals surface area (Å²) in [4.78, 5) is 11.3. The van der Waals surface area contributed by atoms with Crippen molar-refractivity contribution in [2.45, 2.75) is 6.42 Å². The second-order valence-electron chi connectivity index (χ2n) is 3.15. The fourth-order valence-corrected chi connectivity index (χ4v) is 3.62. The maximum absolute atomic E-state index is 11.3. The van der Waals surface area contributed by atoms with Gasteiger partial charge < -0.3 is 4.55 Å². The first-order chi connectivity index (χ1) is 8.29. The number of nitrogens with zero attached hydrogens (tertiary/aromatic N) is 1. The van der Waals surface area contributed by atoms with Gasteiger partial charge in [0.05, 0.1) is 15.9 Å². The Morgan fingerprint density at radius 1 is 1.61 bits per heavy atom. The molecule has 0 aromatic heterocycles. The maximum atomic E-state index is 11.3. The molecule has 0 bridgehead atoms. The van der Waals surface area contributed by atoms with Crippen LogP contribution in [0.1, 0.15) is 6.42 Å². The molecule has 1 rings (SSSR count). The van der Waals surface area contributed by atoms with Crippen LogP contribution in [0.2, 0.25) is 0 Å². The molecule has 0 unspecified atom stereocenters. The Morgan fingerprint density at radius 3 is 2.78 bits per heavy atom. The highest BCUT2D eigenvalue weighted by atomic mass is 32.2. The molecule has 1 fully saturated rings. The summed E-state index contributed by atoms with van der Waals surface area (Å²) in [6.45, 7) is 0. The summed E-state index contributed by atoms with van der Waals surface area (Å²) in [6, 6.07) is 0. The summed E-state index contributed by atoms with van der Waals surface area (Å²) in [5.74, 6) is 0.0811. The van der Waals surface area contributed by atoms with Crippen LogP contribution in [0.4, 0.5) is 0 Å². The first-order valence-electron chi connectivity index (χ1n) is 4.66. The first kappa shape index (κ1) is 16.1. The van der Waals surface area contributed by atoms with Gasteiger partial charge in [0.2, 0.25) is 0 Å². The molecule has 18 heavy (non-hydrogen) atoms. The summed E-state index contributed by atoms with van der Waals surface area (Å²) >= 11 is 12.3. The van der Waals surface area contributed by atoms with Gasteiger partial charge >= 0.3 is 0 Å². The van der Waals surface area contributed by atoms with Crippen LogP contribution in [-0.4, -0.2) is 49.8 Å². The highest BCUT2D eigenvalue weighted by Crippen LogP contribution is 2.18. The number of carbonyl (C=O) groups is 1. The highest BCUT2D eigenvalue weighted by molar-refractivity contribution is 8.24. The number of hydrogen-bond acceptors (Lipinski definition) is 8. The van der Waals surface area contributed by atoms with E-state index in [2.05, 4.69) is 5.43 Å². The molecule has 0 aromatic rings. The molecule has 11 heteroatoms. The highest BCUT2D eigenvalue weighted by Gasteiger charge is 2.27. The zero-order valence-corrected chi connectivity index (χ0v) is 13.0. The Balaban J connectivity index is 2.26. The second kappa shape index (κ2) is 7.01. The van der Waals surface area contributed by atoms with E-state index in [0.29, 0.717) is 14.4 Å². The minimum atomic E-state index is -4.18. The number of amides is 1. The van der Waals surface area contributed by atoms with Crippen molar-refractivity contribution in [2.24, 2.45) is 0 Å². The predicted molar refractivity (Wildman–Crippen MR) is 79.3 cm³/mol. The lowest BCUT2D eigenvalue weighted by Gasteiger charge is -2.17. The largest absolute Gasteiger partial charge is 0.748 e. The van der Waals surface area contributed by atoms with Gasteiger partial charge in [-0.3, -0.25) is 10.2 Å². The van der Waals surface area contributed by atoms with Crippen LogP contribution < -0.4 is 5.43 Å². The van der Waals surface area contributed by atoms with Gasteiger partial charge in [-0.2, -0.15) is 0 Å². The van der Waals surface area contributed by atoms with Crippen molar-refractivity contribution in [2.75, 3.05) is 17.3 Å². The van der Waals surface area contributed by atoms with E-state index >= 15 is 0 Å². The lowest BCUT2D eigenvalue weighted by Crippen LogP contribution is -2.43. The van der Waals surface area contributed by atoms with Crippen molar-refractivity contribution in [3.63, 3.8) is 0 Å². The Kier molecular flexibility index (Phi) is 6.27. The molecule has 1 saturated heterocycles. The zero-order valence-electron chi connectivity index (χ0n) is 8.95. The molecule has 0 atom stereocenters. The number of thiocarbonyl (C=S) groups is 2. The molecule has 0 spiro atoms. The smallest absolute Gasteiger partial charge is 0.257 e. The van der Waals surface area contributed by atoms with Crippen molar-refractivity contribution < 1.29 is 17.8 Å². The van der Waals surface area contributed by atoms with Crippen LogP contribution in [0, 0.1) is 0 Å². The monoisotopic (exact) mass is 345 g/mol. The fraction of sp³-hybridized carbons (Fsp3) is 0.571. The Labute approximate surface area is 124 Å². The summed E-state index contributed by atoms with van der Waals surface area (Å²) in [6.07, 6.45) is 0.214. The van der Waals surface area contributed by atoms with Gasteiger partial charge in [0, 0.05) is 11.5 Å². The van der Waals surface area contributed by atoms with Crippen LogP contribution in [0.5, 0.6) is 0 Å². The normalized spacial score (nSPS) is 16.2. The van der Waals surface area contributed by atoms with E-state index in [-0.39, 0.29) is 18.1 Å². The van der Waals surface area contributed by atoms with Crippen molar-refractivity contribution >= 4 is 72.6 Å². The van der Waals surface area contributed by atoms with E-state index in [9.17, 15) is 17.8 Å². The van der Waals surface area contributed by atoms with Crippen LogP contribution in [0.25, 0.3) is 0 Å². The summed E-state index contributed by atoms with van der Waals surface area (Å²) in [7, 11) is -4.18. The summed E-state index contributed by atoms with van der Waals surface area (Å²) < 4.78 is 31.8. The molecular weight excluding hydrogens is 336 g/mol. The number of carbonyl (C=O) groups excluding carboxylic acids is 1. The van der Waals surface area contributed by atoms with E-state index in [1.54, 1.807) is 0 Å². The molecule has 0 aromatic carbocycles. The number of thioether (sulfide) groups is 2. The van der Waals surface area contributed by atoms with E-state index < -0.39 is 15.9 Å². The third-order valence-electron chi connectivity index (χ3n) is 1.73. The van der Waals surface area contributed by atoms with Gasteiger partial charge in [-0.1, -0.05) is 48.0 Å². The van der Waals surface area contributed by atoms with E-state index in [4.69, 9.17) is 24.4 Å². The molecule has 1 aliphatic heterocycles. The van der Waals surface area contributed by atoms with Crippen molar-refractivity contribution in [3.05, 3.63) is 0 Å². The number of hydrogen-bond donors (Lipinski definition) is 1. The van der Waals surface area contributed by atoms with Crippen LogP contribution >= 0.6 is 48.0 Å².